The highest BCUT2D eigenvalue weighted by atomic mass is 19.1. The van der Waals surface area contributed by atoms with Crippen LogP contribution in [-0.4, -0.2) is 34.6 Å². The van der Waals surface area contributed by atoms with E-state index in [9.17, 15) is 19.6 Å². The first-order valence-corrected chi connectivity index (χ1v) is 10.3. The molecule has 0 spiro atoms. The molecule has 1 amide bonds. The zero-order valence-corrected chi connectivity index (χ0v) is 16.6. The molecule has 4 nitrogen and oxygen atoms in total. The lowest BCUT2D eigenvalue weighted by molar-refractivity contribution is -0.00588. The number of benzene rings is 2. The third kappa shape index (κ3) is 3.82. The van der Waals surface area contributed by atoms with Gasteiger partial charge in [0.1, 0.15) is 11.9 Å². The summed E-state index contributed by atoms with van der Waals surface area (Å²) in [5, 5.41) is 19.6. The van der Waals surface area contributed by atoms with Crippen LogP contribution >= 0.6 is 0 Å². The van der Waals surface area contributed by atoms with Gasteiger partial charge in [-0.25, -0.2) is 4.39 Å². The molecule has 0 aromatic heterocycles. The summed E-state index contributed by atoms with van der Waals surface area (Å²) in [4.78, 5) is 14.2. The average molecular weight is 402 g/mol. The molecule has 152 valence electrons. The van der Waals surface area contributed by atoms with Crippen LogP contribution in [-0.2, 0) is 0 Å². The number of nitriles is 1. The van der Waals surface area contributed by atoms with Crippen molar-refractivity contribution in [2.24, 2.45) is 5.92 Å². The SMILES string of the molecule is N#C[C@H]1[C@@H](c2ccc(C#CC3CCCC3)cc2)[C@H](CO)N1C(=O)c1cccc(F)c1. The van der Waals surface area contributed by atoms with Gasteiger partial charge < -0.3 is 10.0 Å². The molecule has 30 heavy (non-hydrogen) atoms. The summed E-state index contributed by atoms with van der Waals surface area (Å²) < 4.78 is 13.5. The predicted octanol–water partition coefficient (Wildman–Crippen LogP) is 3.86. The van der Waals surface area contributed by atoms with E-state index in [-0.39, 0.29) is 18.1 Å². The van der Waals surface area contributed by atoms with Gasteiger partial charge in [0.25, 0.3) is 5.91 Å². The van der Waals surface area contributed by atoms with Crippen molar-refractivity contribution in [3.63, 3.8) is 0 Å². The van der Waals surface area contributed by atoms with E-state index in [1.807, 2.05) is 24.3 Å². The summed E-state index contributed by atoms with van der Waals surface area (Å²) in [5.41, 5.74) is 1.98. The Morgan fingerprint density at radius 2 is 1.90 bits per heavy atom. The van der Waals surface area contributed by atoms with Gasteiger partial charge in [0, 0.05) is 23.0 Å². The van der Waals surface area contributed by atoms with E-state index in [1.165, 1.54) is 48.8 Å². The summed E-state index contributed by atoms with van der Waals surface area (Å²) in [6, 6.07) is 14.0. The first-order chi connectivity index (χ1) is 14.6. The molecule has 1 saturated carbocycles. The Labute approximate surface area is 175 Å². The maximum atomic E-state index is 13.5. The number of hydrogen-bond donors (Lipinski definition) is 1. The monoisotopic (exact) mass is 402 g/mol. The van der Waals surface area contributed by atoms with Crippen molar-refractivity contribution in [2.75, 3.05) is 6.61 Å². The third-order valence-electron chi connectivity index (χ3n) is 6.11. The number of halogens is 1. The number of likely N-dealkylation sites (tertiary alicyclic amines) is 1. The molecular weight excluding hydrogens is 379 g/mol. The highest BCUT2D eigenvalue weighted by Crippen LogP contribution is 2.41. The van der Waals surface area contributed by atoms with Gasteiger partial charge in [0.2, 0.25) is 0 Å². The predicted molar refractivity (Wildman–Crippen MR) is 111 cm³/mol. The molecule has 2 fully saturated rings. The minimum Gasteiger partial charge on any atom is -0.394 e. The number of hydrogen-bond acceptors (Lipinski definition) is 3. The fourth-order valence-corrected chi connectivity index (χ4v) is 4.50. The van der Waals surface area contributed by atoms with E-state index in [2.05, 4.69) is 17.9 Å². The number of rotatable bonds is 3. The van der Waals surface area contributed by atoms with E-state index in [4.69, 9.17) is 0 Å². The van der Waals surface area contributed by atoms with E-state index < -0.39 is 23.8 Å². The normalized spacial score (nSPS) is 23.2. The van der Waals surface area contributed by atoms with Crippen LogP contribution < -0.4 is 0 Å². The number of aliphatic hydroxyl groups is 1. The molecule has 0 bridgehead atoms. The van der Waals surface area contributed by atoms with Crippen molar-refractivity contribution >= 4 is 5.91 Å². The lowest BCUT2D eigenvalue weighted by atomic mass is 9.75. The van der Waals surface area contributed by atoms with Gasteiger partial charge in [0.15, 0.2) is 0 Å². The Morgan fingerprint density at radius 3 is 2.53 bits per heavy atom. The van der Waals surface area contributed by atoms with Gasteiger partial charge >= 0.3 is 0 Å². The van der Waals surface area contributed by atoms with Gasteiger partial charge in [-0.3, -0.25) is 4.79 Å². The third-order valence-corrected chi connectivity index (χ3v) is 6.11. The van der Waals surface area contributed by atoms with Crippen LogP contribution in [0.1, 0.15) is 53.1 Å². The smallest absolute Gasteiger partial charge is 0.255 e. The number of amides is 1. The van der Waals surface area contributed by atoms with Crippen molar-refractivity contribution in [1.29, 1.82) is 5.26 Å². The minimum atomic E-state index is -0.714. The maximum Gasteiger partial charge on any atom is 0.255 e. The number of carbonyl (C=O) groups excluding carboxylic acids is 1. The molecule has 1 heterocycles. The second kappa shape index (κ2) is 8.69. The largest absolute Gasteiger partial charge is 0.394 e. The molecule has 2 aromatic rings. The van der Waals surface area contributed by atoms with Gasteiger partial charge in [-0.1, -0.05) is 42.9 Å². The van der Waals surface area contributed by atoms with Crippen LogP contribution in [0.4, 0.5) is 4.39 Å². The maximum absolute atomic E-state index is 13.5. The lowest BCUT2D eigenvalue weighted by Crippen LogP contribution is -2.65. The Hall–Kier alpha value is -3.15. The van der Waals surface area contributed by atoms with Crippen molar-refractivity contribution in [3.05, 3.63) is 71.0 Å². The number of aliphatic hydroxyl groups excluding tert-OH is 1. The van der Waals surface area contributed by atoms with E-state index >= 15 is 0 Å². The number of carbonyl (C=O) groups is 1. The summed E-state index contributed by atoms with van der Waals surface area (Å²) in [6.45, 7) is -0.271. The zero-order chi connectivity index (χ0) is 21.1. The lowest BCUT2D eigenvalue weighted by Gasteiger charge is -2.51. The fourth-order valence-electron chi connectivity index (χ4n) is 4.50. The average Bonchev–Trinajstić information content (AvgIpc) is 3.27. The fraction of sp³-hybridized carbons (Fsp3) is 0.360. The van der Waals surface area contributed by atoms with E-state index in [0.29, 0.717) is 5.92 Å². The molecule has 1 aliphatic carbocycles. The van der Waals surface area contributed by atoms with Crippen LogP contribution in [0.5, 0.6) is 0 Å². The molecule has 1 saturated heterocycles. The van der Waals surface area contributed by atoms with Gasteiger partial charge in [0.05, 0.1) is 18.7 Å². The molecule has 5 heteroatoms. The molecule has 0 radical (unpaired) electrons. The van der Waals surface area contributed by atoms with Gasteiger partial charge in [-0.15, -0.1) is 0 Å². The Morgan fingerprint density at radius 1 is 1.17 bits per heavy atom. The van der Waals surface area contributed by atoms with Crippen molar-refractivity contribution in [1.82, 2.24) is 4.90 Å². The van der Waals surface area contributed by atoms with Gasteiger partial charge in [-0.05, 0) is 48.7 Å². The first-order valence-electron chi connectivity index (χ1n) is 10.3. The zero-order valence-electron chi connectivity index (χ0n) is 16.6. The molecular formula is C25H23FN2O2. The van der Waals surface area contributed by atoms with Gasteiger partial charge in [-0.2, -0.15) is 5.26 Å². The molecule has 3 atom stereocenters. The minimum absolute atomic E-state index is 0.171. The molecule has 0 unspecified atom stereocenters. The van der Waals surface area contributed by atoms with Crippen LogP contribution in [0.15, 0.2) is 48.5 Å². The molecule has 2 aromatic carbocycles. The topological polar surface area (TPSA) is 64.3 Å². The van der Waals surface area contributed by atoms with Crippen LogP contribution in [0.3, 0.4) is 0 Å². The second-order valence-corrected chi connectivity index (χ2v) is 7.95. The first kappa shape index (κ1) is 20.1. The highest BCUT2D eigenvalue weighted by molar-refractivity contribution is 5.95. The van der Waals surface area contributed by atoms with Crippen molar-refractivity contribution < 1.29 is 14.3 Å². The van der Waals surface area contributed by atoms with Crippen molar-refractivity contribution in [2.45, 2.75) is 43.7 Å². The summed E-state index contributed by atoms with van der Waals surface area (Å²) >= 11 is 0. The Balaban J connectivity index is 1.52. The van der Waals surface area contributed by atoms with Crippen molar-refractivity contribution in [3.8, 4) is 17.9 Å². The summed E-state index contributed by atoms with van der Waals surface area (Å²) in [6.07, 6.45) is 4.85. The number of nitrogens with zero attached hydrogens (tertiary/aromatic N) is 2. The molecule has 1 N–H and O–H groups in total. The van der Waals surface area contributed by atoms with Crippen LogP contribution in [0.25, 0.3) is 0 Å². The van der Waals surface area contributed by atoms with E-state index in [0.717, 1.165) is 17.2 Å². The highest BCUT2D eigenvalue weighted by Gasteiger charge is 2.51. The van der Waals surface area contributed by atoms with Crippen LogP contribution in [0, 0.1) is 34.9 Å². The molecule has 4 rings (SSSR count). The van der Waals surface area contributed by atoms with E-state index in [1.54, 1.807) is 0 Å². The van der Waals surface area contributed by atoms with Crippen LogP contribution in [0.2, 0.25) is 0 Å². The Bertz CT molecular complexity index is 1030. The summed E-state index contributed by atoms with van der Waals surface area (Å²) in [7, 11) is 0. The second-order valence-electron chi connectivity index (χ2n) is 7.95. The summed E-state index contributed by atoms with van der Waals surface area (Å²) in [5.74, 6) is 5.79. The molecule has 2 aliphatic rings. The standard InChI is InChI=1S/C25H23FN2O2/c26-21-7-3-6-20(14-21)25(30)28-22(15-27)24(23(28)16-29)19-12-10-18(11-13-19)9-8-17-4-1-2-5-17/h3,6-7,10-14,17,22-24,29H,1-2,4-5,16H2/t22-,23-,24+/m0/s1. The quantitative estimate of drug-likeness (QED) is 0.793. The Kier molecular flexibility index (Phi) is 5.84. The molecule has 1 aliphatic heterocycles.